The average molecular weight is 199 g/mol. The van der Waals surface area contributed by atoms with E-state index in [1.165, 1.54) is 0 Å². The number of aromatic nitrogens is 4. The van der Waals surface area contributed by atoms with Gasteiger partial charge >= 0.3 is 0 Å². The monoisotopic (exact) mass is 198 g/mol. The molecule has 68 valence electrons. The maximum Gasteiger partial charge on any atom is 0.241 e. The molecule has 0 spiro atoms. The van der Waals surface area contributed by atoms with E-state index in [-0.39, 0.29) is 5.88 Å². The molecule has 0 amide bonds. The summed E-state index contributed by atoms with van der Waals surface area (Å²) in [5.41, 5.74) is 0.683. The topological polar surface area (TPSA) is 56.7 Å². The largest absolute Gasteiger partial charge is 0.338 e. The van der Waals surface area contributed by atoms with Crippen molar-refractivity contribution in [2.45, 2.75) is 5.88 Å². The second kappa shape index (κ2) is 3.18. The first-order valence-electron chi connectivity index (χ1n) is 3.68. The van der Waals surface area contributed by atoms with Gasteiger partial charge in [-0.25, -0.2) is 0 Å². The maximum atomic E-state index is 5.51. The second-order valence-corrected chi connectivity index (χ2v) is 2.79. The van der Waals surface area contributed by atoms with Gasteiger partial charge in [0.2, 0.25) is 11.7 Å². The zero-order valence-corrected chi connectivity index (χ0v) is 7.69. The van der Waals surface area contributed by atoms with Crippen molar-refractivity contribution in [3.8, 4) is 11.5 Å². The van der Waals surface area contributed by atoms with E-state index in [0.717, 1.165) is 0 Å². The fourth-order valence-corrected chi connectivity index (χ4v) is 1.06. The molecule has 0 aliphatic carbocycles. The lowest BCUT2D eigenvalue weighted by Crippen LogP contribution is -1.88. The van der Waals surface area contributed by atoms with Gasteiger partial charge in [0, 0.05) is 13.2 Å². The predicted octanol–water partition coefficient (Wildman–Crippen LogP) is 1.21. The van der Waals surface area contributed by atoms with E-state index in [9.17, 15) is 0 Å². The Kier molecular flexibility index (Phi) is 2.02. The van der Waals surface area contributed by atoms with Crippen LogP contribution in [0.2, 0.25) is 0 Å². The molecule has 0 saturated carbocycles. The molecule has 0 fully saturated rings. The average Bonchev–Trinajstić information content (AvgIpc) is 2.71. The standard InChI is InChI=1S/C7H7ClN4O/c1-12-3-2-5(10-12)7-9-6(4-8)13-11-7/h2-3H,4H2,1H3. The van der Waals surface area contributed by atoms with Crippen molar-refractivity contribution < 1.29 is 4.52 Å². The van der Waals surface area contributed by atoms with E-state index in [1.54, 1.807) is 4.68 Å². The number of aryl methyl sites for hydroxylation is 1. The number of hydrogen-bond donors (Lipinski definition) is 0. The molecule has 5 nitrogen and oxygen atoms in total. The minimum atomic E-state index is 0.222. The quantitative estimate of drug-likeness (QED) is 0.681. The summed E-state index contributed by atoms with van der Waals surface area (Å²) in [4.78, 5) is 4.03. The van der Waals surface area contributed by atoms with Crippen LogP contribution in [0.3, 0.4) is 0 Å². The van der Waals surface area contributed by atoms with Crippen LogP contribution in [-0.2, 0) is 12.9 Å². The van der Waals surface area contributed by atoms with Crippen LogP contribution < -0.4 is 0 Å². The first-order valence-corrected chi connectivity index (χ1v) is 4.21. The van der Waals surface area contributed by atoms with Gasteiger partial charge in [0.25, 0.3) is 0 Å². The Morgan fingerprint density at radius 1 is 1.62 bits per heavy atom. The molecule has 0 aliphatic heterocycles. The number of hydrogen-bond acceptors (Lipinski definition) is 4. The van der Waals surface area contributed by atoms with E-state index >= 15 is 0 Å². The Bertz CT molecular complexity index is 408. The molecule has 0 aliphatic rings. The smallest absolute Gasteiger partial charge is 0.241 e. The van der Waals surface area contributed by atoms with Crippen molar-refractivity contribution in [2.75, 3.05) is 0 Å². The Morgan fingerprint density at radius 2 is 2.46 bits per heavy atom. The third kappa shape index (κ3) is 1.55. The Labute approximate surface area is 79.3 Å². The van der Waals surface area contributed by atoms with Crippen LogP contribution in [0.25, 0.3) is 11.5 Å². The summed E-state index contributed by atoms with van der Waals surface area (Å²) >= 11 is 5.51. The molecule has 2 aromatic rings. The third-order valence-electron chi connectivity index (χ3n) is 1.53. The van der Waals surface area contributed by atoms with E-state index in [4.69, 9.17) is 16.1 Å². The van der Waals surface area contributed by atoms with Crippen molar-refractivity contribution in [1.82, 2.24) is 19.9 Å². The van der Waals surface area contributed by atoms with Crippen molar-refractivity contribution >= 4 is 11.6 Å². The van der Waals surface area contributed by atoms with Gasteiger partial charge in [0.1, 0.15) is 11.6 Å². The van der Waals surface area contributed by atoms with Crippen molar-refractivity contribution in [3.05, 3.63) is 18.2 Å². The van der Waals surface area contributed by atoms with Crippen molar-refractivity contribution in [1.29, 1.82) is 0 Å². The van der Waals surface area contributed by atoms with Gasteiger partial charge in [0.05, 0.1) is 0 Å². The van der Waals surface area contributed by atoms with Gasteiger partial charge in [-0.15, -0.1) is 11.6 Å². The summed E-state index contributed by atoms with van der Waals surface area (Å²) in [6, 6.07) is 1.81. The zero-order valence-electron chi connectivity index (χ0n) is 6.94. The molecule has 0 bridgehead atoms. The normalized spacial score (nSPS) is 10.6. The molecule has 2 aromatic heterocycles. The Balaban J connectivity index is 2.35. The first-order chi connectivity index (χ1) is 6.29. The van der Waals surface area contributed by atoms with Gasteiger partial charge in [-0.1, -0.05) is 5.16 Å². The molecular formula is C7H7ClN4O. The summed E-state index contributed by atoms with van der Waals surface area (Å²) in [5, 5.41) is 7.84. The molecular weight excluding hydrogens is 192 g/mol. The SMILES string of the molecule is Cn1ccc(-c2noc(CCl)n2)n1. The van der Waals surface area contributed by atoms with E-state index in [0.29, 0.717) is 17.4 Å². The van der Waals surface area contributed by atoms with Crippen molar-refractivity contribution in [3.63, 3.8) is 0 Å². The summed E-state index contributed by atoms with van der Waals surface area (Å²) in [6.45, 7) is 0. The van der Waals surface area contributed by atoms with Crippen LogP contribution in [0.5, 0.6) is 0 Å². The number of nitrogens with zero attached hydrogens (tertiary/aromatic N) is 4. The summed E-state index contributed by atoms with van der Waals surface area (Å²) < 4.78 is 6.51. The van der Waals surface area contributed by atoms with E-state index in [2.05, 4.69) is 15.2 Å². The molecule has 0 atom stereocenters. The van der Waals surface area contributed by atoms with Gasteiger partial charge in [0.15, 0.2) is 0 Å². The highest BCUT2D eigenvalue weighted by molar-refractivity contribution is 6.16. The zero-order chi connectivity index (χ0) is 9.26. The lowest BCUT2D eigenvalue weighted by Gasteiger charge is -1.84. The van der Waals surface area contributed by atoms with Crippen LogP contribution in [0.4, 0.5) is 0 Å². The summed E-state index contributed by atoms with van der Waals surface area (Å²) in [7, 11) is 1.83. The molecule has 0 saturated heterocycles. The third-order valence-corrected chi connectivity index (χ3v) is 1.75. The molecule has 0 radical (unpaired) electrons. The van der Waals surface area contributed by atoms with Crippen molar-refractivity contribution in [2.24, 2.45) is 7.05 Å². The highest BCUT2D eigenvalue weighted by Crippen LogP contribution is 2.12. The van der Waals surface area contributed by atoms with E-state index < -0.39 is 0 Å². The molecule has 2 heterocycles. The minimum Gasteiger partial charge on any atom is -0.338 e. The number of rotatable bonds is 2. The highest BCUT2D eigenvalue weighted by atomic mass is 35.5. The fourth-order valence-electron chi connectivity index (χ4n) is 0.948. The van der Waals surface area contributed by atoms with Crippen LogP contribution in [-0.4, -0.2) is 19.9 Å². The number of alkyl halides is 1. The van der Waals surface area contributed by atoms with E-state index in [1.807, 2.05) is 19.3 Å². The summed E-state index contributed by atoms with van der Waals surface area (Å²) in [6.07, 6.45) is 1.81. The Hall–Kier alpha value is -1.36. The highest BCUT2D eigenvalue weighted by Gasteiger charge is 2.09. The van der Waals surface area contributed by atoms with Crippen LogP contribution >= 0.6 is 11.6 Å². The molecule has 0 unspecified atom stereocenters. The van der Waals surface area contributed by atoms with Gasteiger partial charge < -0.3 is 4.52 Å². The van der Waals surface area contributed by atoms with Gasteiger partial charge in [-0.2, -0.15) is 10.1 Å². The molecule has 6 heteroatoms. The number of halogens is 1. The second-order valence-electron chi connectivity index (χ2n) is 2.52. The lowest BCUT2D eigenvalue weighted by molar-refractivity contribution is 0.391. The predicted molar refractivity (Wildman–Crippen MR) is 46.1 cm³/mol. The van der Waals surface area contributed by atoms with Gasteiger partial charge in [-0.3, -0.25) is 4.68 Å². The lowest BCUT2D eigenvalue weighted by atomic mass is 10.4. The molecule has 0 N–H and O–H groups in total. The molecule has 13 heavy (non-hydrogen) atoms. The molecule has 0 aromatic carbocycles. The fraction of sp³-hybridized carbons (Fsp3) is 0.286. The maximum absolute atomic E-state index is 5.51. The van der Waals surface area contributed by atoms with Crippen LogP contribution in [0.15, 0.2) is 16.8 Å². The van der Waals surface area contributed by atoms with Crippen LogP contribution in [0, 0.1) is 0 Å². The minimum absolute atomic E-state index is 0.222. The molecule has 2 rings (SSSR count). The first kappa shape index (κ1) is 8.25. The van der Waals surface area contributed by atoms with Gasteiger partial charge in [-0.05, 0) is 6.07 Å². The van der Waals surface area contributed by atoms with Crippen LogP contribution in [0.1, 0.15) is 5.89 Å². The Morgan fingerprint density at radius 3 is 3.00 bits per heavy atom. The summed E-state index contributed by atoms with van der Waals surface area (Å²) in [5.74, 6) is 1.10.